The molecule has 0 aliphatic carbocycles. The van der Waals surface area contributed by atoms with Crippen molar-refractivity contribution in [1.82, 2.24) is 9.78 Å². The number of aromatic nitrogens is 2. The van der Waals surface area contributed by atoms with E-state index in [0.717, 1.165) is 17.8 Å². The van der Waals surface area contributed by atoms with Crippen molar-refractivity contribution in [1.29, 1.82) is 5.26 Å². The lowest BCUT2D eigenvalue weighted by Gasteiger charge is -2.08. The zero-order valence-electron chi connectivity index (χ0n) is 8.63. The van der Waals surface area contributed by atoms with Crippen LogP contribution < -0.4 is 0 Å². The first-order valence-electron chi connectivity index (χ1n) is 4.53. The molecule has 3 heteroatoms. The van der Waals surface area contributed by atoms with Gasteiger partial charge in [-0.3, -0.25) is 4.68 Å². The molecule has 0 radical (unpaired) electrons. The molecule has 0 saturated heterocycles. The smallest absolute Gasteiger partial charge is 0.138 e. The average Bonchev–Trinajstić information content (AvgIpc) is 2.36. The van der Waals surface area contributed by atoms with Gasteiger partial charge in [0.05, 0.1) is 11.8 Å². The van der Waals surface area contributed by atoms with Gasteiger partial charge in [-0.2, -0.15) is 10.4 Å². The summed E-state index contributed by atoms with van der Waals surface area (Å²) in [6, 6.07) is 2.13. The van der Waals surface area contributed by atoms with Gasteiger partial charge in [0.25, 0.3) is 0 Å². The predicted molar refractivity (Wildman–Crippen MR) is 51.4 cm³/mol. The minimum absolute atomic E-state index is 0.118. The fourth-order valence-corrected chi connectivity index (χ4v) is 1.37. The molecule has 0 aromatic carbocycles. The van der Waals surface area contributed by atoms with Crippen molar-refractivity contribution in [3.8, 4) is 6.07 Å². The molecule has 1 heterocycles. The topological polar surface area (TPSA) is 41.6 Å². The lowest BCUT2D eigenvalue weighted by molar-refractivity contribution is 0.519. The molecule has 1 atom stereocenters. The highest BCUT2D eigenvalue weighted by Gasteiger charge is 2.13. The van der Waals surface area contributed by atoms with Crippen molar-refractivity contribution in [2.45, 2.75) is 40.2 Å². The minimum Gasteiger partial charge on any atom is -0.252 e. The van der Waals surface area contributed by atoms with Gasteiger partial charge in [-0.1, -0.05) is 6.92 Å². The highest BCUT2D eigenvalue weighted by Crippen LogP contribution is 2.17. The number of rotatable bonds is 2. The first kappa shape index (κ1) is 9.79. The Morgan fingerprint density at radius 2 is 2.08 bits per heavy atom. The molecule has 0 N–H and O–H groups in total. The van der Waals surface area contributed by atoms with Gasteiger partial charge in [0.15, 0.2) is 0 Å². The van der Waals surface area contributed by atoms with E-state index < -0.39 is 0 Å². The van der Waals surface area contributed by atoms with E-state index >= 15 is 0 Å². The van der Waals surface area contributed by atoms with E-state index in [1.165, 1.54) is 5.56 Å². The summed E-state index contributed by atoms with van der Waals surface area (Å²) < 4.78 is 1.82. The largest absolute Gasteiger partial charge is 0.252 e. The van der Waals surface area contributed by atoms with E-state index in [4.69, 9.17) is 5.26 Å². The van der Waals surface area contributed by atoms with Crippen molar-refractivity contribution >= 4 is 0 Å². The molecule has 1 aromatic heterocycles. The molecular formula is C10H15N3. The number of hydrogen-bond donors (Lipinski definition) is 0. The van der Waals surface area contributed by atoms with Crippen LogP contribution in [0.4, 0.5) is 0 Å². The Balaban J connectivity index is 3.16. The number of nitriles is 1. The van der Waals surface area contributed by atoms with Crippen molar-refractivity contribution in [2.24, 2.45) is 0 Å². The second-order valence-electron chi connectivity index (χ2n) is 3.29. The summed E-state index contributed by atoms with van der Waals surface area (Å²) in [6.45, 7) is 8.02. The zero-order valence-corrected chi connectivity index (χ0v) is 8.63. The maximum Gasteiger partial charge on any atom is 0.138 e. The molecule has 0 aliphatic heterocycles. The number of nitrogens with zero attached hydrogens (tertiary/aromatic N) is 3. The summed E-state index contributed by atoms with van der Waals surface area (Å²) in [5.41, 5.74) is 3.31. The summed E-state index contributed by atoms with van der Waals surface area (Å²) in [5, 5.41) is 13.2. The lowest BCUT2D eigenvalue weighted by Crippen LogP contribution is -2.09. The Kier molecular flexibility index (Phi) is 2.72. The Morgan fingerprint density at radius 3 is 2.38 bits per heavy atom. The molecule has 1 aromatic rings. The fraction of sp³-hybridized carbons (Fsp3) is 0.600. The molecule has 1 unspecified atom stereocenters. The van der Waals surface area contributed by atoms with Crippen molar-refractivity contribution in [2.75, 3.05) is 0 Å². The van der Waals surface area contributed by atoms with Gasteiger partial charge in [0.2, 0.25) is 0 Å². The molecule has 0 fully saturated rings. The van der Waals surface area contributed by atoms with E-state index in [0.29, 0.717) is 0 Å². The Labute approximate surface area is 79.0 Å². The van der Waals surface area contributed by atoms with E-state index in [1.807, 2.05) is 32.4 Å². The molecule has 0 bridgehead atoms. The second kappa shape index (κ2) is 3.61. The third-order valence-electron chi connectivity index (χ3n) is 2.52. The summed E-state index contributed by atoms with van der Waals surface area (Å²) in [7, 11) is 0. The van der Waals surface area contributed by atoms with Crippen molar-refractivity contribution in [3.05, 3.63) is 17.0 Å². The molecule has 3 nitrogen and oxygen atoms in total. The van der Waals surface area contributed by atoms with E-state index in [2.05, 4.69) is 11.2 Å². The Hall–Kier alpha value is -1.30. The van der Waals surface area contributed by atoms with Crippen LogP contribution >= 0.6 is 0 Å². The molecular weight excluding hydrogens is 162 g/mol. The lowest BCUT2D eigenvalue weighted by atomic mass is 10.2. The first-order chi connectivity index (χ1) is 6.11. The van der Waals surface area contributed by atoms with Crippen LogP contribution in [-0.4, -0.2) is 9.78 Å². The minimum atomic E-state index is -0.118. The molecule has 0 spiro atoms. The van der Waals surface area contributed by atoms with Crippen LogP contribution in [-0.2, 0) is 0 Å². The van der Waals surface area contributed by atoms with Gasteiger partial charge in [0, 0.05) is 5.69 Å². The second-order valence-corrected chi connectivity index (χ2v) is 3.29. The zero-order chi connectivity index (χ0) is 10.0. The maximum atomic E-state index is 8.89. The van der Waals surface area contributed by atoms with Crippen LogP contribution in [0.3, 0.4) is 0 Å². The van der Waals surface area contributed by atoms with Crippen LogP contribution in [0.1, 0.15) is 36.3 Å². The molecule has 1 rings (SSSR count). The summed E-state index contributed by atoms with van der Waals surface area (Å²) >= 11 is 0. The molecule has 0 saturated carbocycles. The van der Waals surface area contributed by atoms with Crippen LogP contribution in [0, 0.1) is 32.1 Å². The predicted octanol–water partition coefficient (Wildman–Crippen LogP) is 2.28. The summed E-state index contributed by atoms with van der Waals surface area (Å²) in [5.74, 6) is 0. The third kappa shape index (κ3) is 1.57. The quantitative estimate of drug-likeness (QED) is 0.695. The van der Waals surface area contributed by atoms with Gasteiger partial charge in [-0.15, -0.1) is 0 Å². The normalized spacial score (nSPS) is 12.5. The SMILES string of the molecule is CCC(C#N)n1nc(C)c(C)c1C. The number of aryl methyl sites for hydroxylation is 1. The molecule has 70 valence electrons. The van der Waals surface area contributed by atoms with Crippen LogP contribution in [0.2, 0.25) is 0 Å². The molecule has 0 aliphatic rings. The maximum absolute atomic E-state index is 8.89. The van der Waals surface area contributed by atoms with Crippen molar-refractivity contribution < 1.29 is 0 Å². The highest BCUT2D eigenvalue weighted by molar-refractivity contribution is 5.23. The average molecular weight is 177 g/mol. The van der Waals surface area contributed by atoms with Crippen LogP contribution in [0.5, 0.6) is 0 Å². The van der Waals surface area contributed by atoms with E-state index in [9.17, 15) is 0 Å². The first-order valence-corrected chi connectivity index (χ1v) is 4.53. The van der Waals surface area contributed by atoms with Crippen LogP contribution in [0.15, 0.2) is 0 Å². The number of hydrogen-bond acceptors (Lipinski definition) is 2. The highest BCUT2D eigenvalue weighted by atomic mass is 15.3. The van der Waals surface area contributed by atoms with E-state index in [1.54, 1.807) is 0 Å². The van der Waals surface area contributed by atoms with Crippen LogP contribution in [0.25, 0.3) is 0 Å². The third-order valence-corrected chi connectivity index (χ3v) is 2.52. The van der Waals surface area contributed by atoms with E-state index in [-0.39, 0.29) is 6.04 Å². The van der Waals surface area contributed by atoms with Gasteiger partial charge < -0.3 is 0 Å². The Morgan fingerprint density at radius 1 is 1.46 bits per heavy atom. The molecule has 0 amide bonds. The van der Waals surface area contributed by atoms with Gasteiger partial charge in [-0.05, 0) is 32.8 Å². The summed E-state index contributed by atoms with van der Waals surface area (Å²) in [6.07, 6.45) is 0.803. The molecule has 13 heavy (non-hydrogen) atoms. The fourth-order valence-electron chi connectivity index (χ4n) is 1.37. The van der Waals surface area contributed by atoms with Crippen molar-refractivity contribution in [3.63, 3.8) is 0 Å². The van der Waals surface area contributed by atoms with Gasteiger partial charge in [0.1, 0.15) is 6.04 Å². The van der Waals surface area contributed by atoms with Gasteiger partial charge >= 0.3 is 0 Å². The standard InChI is InChI=1S/C10H15N3/c1-5-10(6-11)13-9(4)7(2)8(3)12-13/h10H,5H2,1-4H3. The summed E-state index contributed by atoms with van der Waals surface area (Å²) in [4.78, 5) is 0. The Bertz CT molecular complexity index is 344. The monoisotopic (exact) mass is 177 g/mol. The van der Waals surface area contributed by atoms with Gasteiger partial charge in [-0.25, -0.2) is 0 Å².